The van der Waals surface area contributed by atoms with E-state index in [1.54, 1.807) is 55.6 Å². The van der Waals surface area contributed by atoms with Crippen LogP contribution in [0.1, 0.15) is 34.7 Å². The molecule has 7 atom stereocenters. The number of rotatable bonds is 11. The summed E-state index contributed by atoms with van der Waals surface area (Å²) in [6.45, 7) is 0.565. The van der Waals surface area contributed by atoms with Gasteiger partial charge in [0.05, 0.1) is 26.9 Å². The molecule has 44 heavy (non-hydrogen) atoms. The van der Waals surface area contributed by atoms with Crippen LogP contribution in [0, 0.1) is 0 Å². The molecule has 0 aliphatic carbocycles. The molecule has 9 nitrogen and oxygen atoms in total. The minimum Gasteiger partial charge on any atom is -0.497 e. The van der Waals surface area contributed by atoms with Gasteiger partial charge in [0.25, 0.3) is 0 Å². The van der Waals surface area contributed by atoms with Gasteiger partial charge < -0.3 is 39.0 Å². The number of ether oxygens (including phenoxy) is 5. The molecule has 0 saturated carbocycles. The Labute approximate surface area is 256 Å². The summed E-state index contributed by atoms with van der Waals surface area (Å²) in [6.07, 6.45) is -6.43. The van der Waals surface area contributed by atoms with Gasteiger partial charge in [-0.2, -0.15) is 0 Å². The van der Waals surface area contributed by atoms with Crippen LogP contribution in [0.15, 0.2) is 109 Å². The average molecular weight is 600 g/mol. The predicted molar refractivity (Wildman–Crippen MR) is 161 cm³/mol. The molecule has 0 bridgehead atoms. The highest BCUT2D eigenvalue weighted by Crippen LogP contribution is 2.44. The van der Waals surface area contributed by atoms with Crippen LogP contribution in [0.4, 0.5) is 0 Å². The standard InChI is InChI=1S/C35H37NO8/c1-40-25-16-18-26(19-17-25)43-35-30(36-33(38)27-14-8-9-15-28(27)34(36)39)32(42-21-24-12-6-3-7-13-24)31(37)29(44-35)22-41-20-23-10-4-2-5-11-23/h2-19,29-35,37-39H,20-22H2,1H3/t29-,30-,31-,32-,33?,34?,35-/m1/s1. The molecule has 3 N–H and O–H groups in total. The van der Waals surface area contributed by atoms with Crippen molar-refractivity contribution in [1.29, 1.82) is 0 Å². The Bertz CT molecular complexity index is 1440. The van der Waals surface area contributed by atoms with Gasteiger partial charge in [-0.25, -0.2) is 4.90 Å². The fourth-order valence-corrected chi connectivity index (χ4v) is 5.83. The second-order valence-electron chi connectivity index (χ2n) is 10.9. The summed E-state index contributed by atoms with van der Waals surface area (Å²) in [4.78, 5) is 1.48. The van der Waals surface area contributed by atoms with Crippen LogP contribution in [0.3, 0.4) is 0 Å². The second-order valence-corrected chi connectivity index (χ2v) is 10.9. The molecule has 4 aromatic rings. The van der Waals surface area contributed by atoms with Crippen LogP contribution in [-0.4, -0.2) is 64.6 Å². The summed E-state index contributed by atoms with van der Waals surface area (Å²) in [7, 11) is 1.58. The summed E-state index contributed by atoms with van der Waals surface area (Å²) in [5, 5.41) is 34.8. The molecular weight excluding hydrogens is 562 g/mol. The molecule has 9 heteroatoms. The van der Waals surface area contributed by atoms with Crippen LogP contribution < -0.4 is 9.47 Å². The molecule has 0 aromatic heterocycles. The lowest BCUT2D eigenvalue weighted by molar-refractivity contribution is -0.299. The minimum atomic E-state index is -1.20. The van der Waals surface area contributed by atoms with E-state index in [1.165, 1.54) is 4.90 Å². The first-order valence-electron chi connectivity index (χ1n) is 14.7. The number of aliphatic hydroxyl groups excluding tert-OH is 3. The number of hydrogen-bond donors (Lipinski definition) is 3. The van der Waals surface area contributed by atoms with E-state index < -0.39 is 43.1 Å². The molecule has 1 saturated heterocycles. The van der Waals surface area contributed by atoms with Gasteiger partial charge in [-0.1, -0.05) is 84.9 Å². The van der Waals surface area contributed by atoms with E-state index in [9.17, 15) is 15.3 Å². The number of benzene rings is 4. The molecule has 230 valence electrons. The first-order valence-corrected chi connectivity index (χ1v) is 14.7. The maximum atomic E-state index is 11.8. The summed E-state index contributed by atoms with van der Waals surface area (Å²) in [6, 6.07) is 32.6. The van der Waals surface area contributed by atoms with Crippen LogP contribution >= 0.6 is 0 Å². The van der Waals surface area contributed by atoms with Crippen molar-refractivity contribution in [3.05, 3.63) is 131 Å². The normalized spacial score (nSPS) is 26.7. The lowest BCUT2D eigenvalue weighted by Gasteiger charge is -2.48. The predicted octanol–water partition coefficient (Wildman–Crippen LogP) is 4.33. The zero-order valence-electron chi connectivity index (χ0n) is 24.4. The van der Waals surface area contributed by atoms with E-state index in [0.717, 1.165) is 11.1 Å². The van der Waals surface area contributed by atoms with E-state index in [-0.39, 0.29) is 13.2 Å². The number of nitrogens with zero attached hydrogens (tertiary/aromatic N) is 1. The number of aliphatic hydroxyl groups is 3. The molecule has 2 heterocycles. The molecule has 2 aliphatic heterocycles. The van der Waals surface area contributed by atoms with E-state index in [2.05, 4.69) is 0 Å². The van der Waals surface area contributed by atoms with Crippen molar-refractivity contribution in [2.75, 3.05) is 13.7 Å². The molecule has 1 fully saturated rings. The van der Waals surface area contributed by atoms with Gasteiger partial charge in [0, 0.05) is 11.1 Å². The number of hydrogen-bond acceptors (Lipinski definition) is 9. The third kappa shape index (κ3) is 6.50. The second kappa shape index (κ2) is 13.9. The zero-order valence-corrected chi connectivity index (χ0v) is 24.4. The van der Waals surface area contributed by atoms with Crippen LogP contribution in [0.25, 0.3) is 0 Å². The van der Waals surface area contributed by atoms with Crippen molar-refractivity contribution in [2.24, 2.45) is 0 Å². The zero-order chi connectivity index (χ0) is 30.5. The Hall–Kier alpha value is -3.80. The van der Waals surface area contributed by atoms with E-state index in [1.807, 2.05) is 60.7 Å². The first-order chi connectivity index (χ1) is 21.5. The van der Waals surface area contributed by atoms with E-state index >= 15 is 0 Å². The SMILES string of the molecule is COc1ccc(O[C@@H]2O[C@H](COCc3ccccc3)[C@@H](O)[C@H](OCc3ccccc3)[C@H]2N2C(O)c3ccccc3C2O)cc1. The third-order valence-electron chi connectivity index (χ3n) is 8.09. The Morgan fingerprint density at radius 3 is 1.82 bits per heavy atom. The quantitative estimate of drug-likeness (QED) is 0.232. The topological polar surface area (TPSA) is 110 Å². The van der Waals surface area contributed by atoms with Gasteiger partial charge in [0.15, 0.2) is 0 Å². The number of fused-ring (bicyclic) bond motifs is 1. The smallest absolute Gasteiger partial charge is 0.218 e. The van der Waals surface area contributed by atoms with Gasteiger partial charge in [0.1, 0.15) is 48.3 Å². The monoisotopic (exact) mass is 599 g/mol. The maximum Gasteiger partial charge on any atom is 0.218 e. The Morgan fingerprint density at radius 1 is 0.682 bits per heavy atom. The lowest BCUT2D eigenvalue weighted by atomic mass is 9.94. The Morgan fingerprint density at radius 2 is 1.23 bits per heavy atom. The summed E-state index contributed by atoms with van der Waals surface area (Å²) in [5.41, 5.74) is 3.01. The molecule has 4 aromatic carbocycles. The van der Waals surface area contributed by atoms with Crippen molar-refractivity contribution in [3.63, 3.8) is 0 Å². The highest BCUT2D eigenvalue weighted by molar-refractivity contribution is 5.36. The number of methoxy groups -OCH3 is 1. The average Bonchev–Trinajstić information content (AvgIpc) is 3.32. The molecule has 2 unspecified atom stereocenters. The van der Waals surface area contributed by atoms with E-state index in [0.29, 0.717) is 29.2 Å². The van der Waals surface area contributed by atoms with Crippen LogP contribution in [0.2, 0.25) is 0 Å². The van der Waals surface area contributed by atoms with Crippen molar-refractivity contribution in [1.82, 2.24) is 4.90 Å². The van der Waals surface area contributed by atoms with Gasteiger partial charge in [-0.05, 0) is 35.4 Å². The first kappa shape index (κ1) is 30.2. The summed E-state index contributed by atoms with van der Waals surface area (Å²) < 4.78 is 30.6. The van der Waals surface area contributed by atoms with Gasteiger partial charge in [0.2, 0.25) is 6.29 Å². The van der Waals surface area contributed by atoms with Crippen molar-refractivity contribution < 1.29 is 39.0 Å². The molecule has 0 spiro atoms. The highest BCUT2D eigenvalue weighted by atomic mass is 16.7. The summed E-state index contributed by atoms with van der Waals surface area (Å²) >= 11 is 0. The largest absolute Gasteiger partial charge is 0.497 e. The van der Waals surface area contributed by atoms with Crippen molar-refractivity contribution in [3.8, 4) is 11.5 Å². The Kier molecular flexibility index (Phi) is 9.54. The molecular formula is C35H37NO8. The van der Waals surface area contributed by atoms with Gasteiger partial charge >= 0.3 is 0 Å². The van der Waals surface area contributed by atoms with Crippen molar-refractivity contribution >= 4 is 0 Å². The van der Waals surface area contributed by atoms with Crippen LogP contribution in [-0.2, 0) is 27.4 Å². The fraction of sp³-hybridized carbons (Fsp3) is 0.314. The molecule has 6 rings (SSSR count). The summed E-state index contributed by atoms with van der Waals surface area (Å²) in [5.74, 6) is 1.13. The lowest BCUT2D eigenvalue weighted by Crippen LogP contribution is -2.66. The van der Waals surface area contributed by atoms with Gasteiger partial charge in [-0.3, -0.25) is 0 Å². The highest BCUT2D eigenvalue weighted by Gasteiger charge is 2.55. The maximum absolute atomic E-state index is 11.8. The molecule has 0 amide bonds. The molecule has 0 radical (unpaired) electrons. The van der Waals surface area contributed by atoms with Crippen molar-refractivity contribution in [2.45, 2.75) is 56.3 Å². The van der Waals surface area contributed by atoms with E-state index in [4.69, 9.17) is 23.7 Å². The minimum absolute atomic E-state index is 0.0573. The fourth-order valence-electron chi connectivity index (χ4n) is 5.83. The Balaban J connectivity index is 1.33. The molecule has 2 aliphatic rings. The van der Waals surface area contributed by atoms with Crippen LogP contribution in [0.5, 0.6) is 11.5 Å². The third-order valence-corrected chi connectivity index (χ3v) is 8.09. The van der Waals surface area contributed by atoms with Gasteiger partial charge in [-0.15, -0.1) is 0 Å².